The number of hydrogen-bond acceptors (Lipinski definition) is 5. The van der Waals surface area contributed by atoms with Gasteiger partial charge in [-0.15, -0.1) is 0 Å². The second-order valence-electron chi connectivity index (χ2n) is 5.64. The highest BCUT2D eigenvalue weighted by Gasteiger charge is 2.25. The van der Waals surface area contributed by atoms with Gasteiger partial charge in [0, 0.05) is 37.9 Å². The van der Waals surface area contributed by atoms with Crippen LogP contribution in [0.5, 0.6) is 0 Å². The van der Waals surface area contributed by atoms with Gasteiger partial charge in [-0.3, -0.25) is 14.9 Å². The molecule has 0 N–H and O–H groups in total. The Morgan fingerprint density at radius 2 is 1.69 bits per heavy atom. The van der Waals surface area contributed by atoms with Crippen molar-refractivity contribution in [3.63, 3.8) is 0 Å². The van der Waals surface area contributed by atoms with Gasteiger partial charge in [-0.05, 0) is 23.8 Å². The van der Waals surface area contributed by atoms with Gasteiger partial charge in [0.1, 0.15) is 0 Å². The maximum absolute atomic E-state index is 12.3. The van der Waals surface area contributed by atoms with Crippen LogP contribution in [0.1, 0.15) is 17.2 Å². The van der Waals surface area contributed by atoms with E-state index in [1.54, 1.807) is 44.4 Å². The molecule has 1 amide bonds. The molecular formula is C19H18N2O5. The lowest BCUT2D eigenvalue weighted by atomic mass is 10.1. The van der Waals surface area contributed by atoms with Crippen LogP contribution in [-0.2, 0) is 14.3 Å². The van der Waals surface area contributed by atoms with Gasteiger partial charge in [0.15, 0.2) is 0 Å². The molecular weight excluding hydrogens is 336 g/mol. The van der Waals surface area contributed by atoms with Crippen molar-refractivity contribution in [1.29, 1.82) is 0 Å². The van der Waals surface area contributed by atoms with Crippen LogP contribution in [0.2, 0.25) is 0 Å². The molecule has 0 spiro atoms. The number of nitrogens with zero attached hydrogens (tertiary/aromatic N) is 2. The van der Waals surface area contributed by atoms with Gasteiger partial charge in [-0.2, -0.15) is 0 Å². The van der Waals surface area contributed by atoms with Crippen LogP contribution < -0.4 is 0 Å². The molecule has 26 heavy (non-hydrogen) atoms. The zero-order valence-corrected chi connectivity index (χ0v) is 14.4. The smallest absolute Gasteiger partial charge is 0.331 e. The number of benzene rings is 2. The van der Waals surface area contributed by atoms with Gasteiger partial charge in [-0.1, -0.05) is 30.3 Å². The molecule has 0 aliphatic carbocycles. The average molecular weight is 354 g/mol. The molecule has 0 aliphatic rings. The largest absolute Gasteiger partial charge is 0.444 e. The van der Waals surface area contributed by atoms with Crippen molar-refractivity contribution in [2.45, 2.75) is 6.10 Å². The van der Waals surface area contributed by atoms with Gasteiger partial charge in [-0.25, -0.2) is 4.79 Å². The molecule has 2 aromatic rings. The summed E-state index contributed by atoms with van der Waals surface area (Å²) in [5.41, 5.74) is 1.14. The summed E-state index contributed by atoms with van der Waals surface area (Å²) >= 11 is 0. The molecule has 0 aromatic heterocycles. The number of hydrogen-bond donors (Lipinski definition) is 0. The van der Waals surface area contributed by atoms with E-state index in [-0.39, 0.29) is 11.6 Å². The highest BCUT2D eigenvalue weighted by atomic mass is 16.6. The van der Waals surface area contributed by atoms with Crippen LogP contribution in [0, 0.1) is 10.1 Å². The molecule has 0 aliphatic heterocycles. The van der Waals surface area contributed by atoms with Crippen molar-refractivity contribution in [1.82, 2.24) is 4.90 Å². The van der Waals surface area contributed by atoms with Gasteiger partial charge in [0.05, 0.1) is 4.92 Å². The second-order valence-corrected chi connectivity index (χ2v) is 5.64. The molecule has 7 nitrogen and oxygen atoms in total. The van der Waals surface area contributed by atoms with E-state index in [0.717, 1.165) is 0 Å². The third-order valence-corrected chi connectivity index (χ3v) is 3.52. The first-order valence-corrected chi connectivity index (χ1v) is 7.77. The van der Waals surface area contributed by atoms with Gasteiger partial charge in [0.25, 0.3) is 11.6 Å². The monoisotopic (exact) mass is 354 g/mol. The molecule has 7 heteroatoms. The van der Waals surface area contributed by atoms with Crippen LogP contribution >= 0.6 is 0 Å². The molecule has 134 valence electrons. The summed E-state index contributed by atoms with van der Waals surface area (Å²) in [6, 6.07) is 14.4. The normalized spacial score (nSPS) is 11.8. The minimum absolute atomic E-state index is 0.0366. The highest BCUT2D eigenvalue weighted by Crippen LogP contribution is 2.20. The number of amides is 1. The van der Waals surface area contributed by atoms with Gasteiger partial charge >= 0.3 is 5.97 Å². The number of non-ortho nitro benzene ring substituents is 1. The van der Waals surface area contributed by atoms with Crippen molar-refractivity contribution in [2.75, 3.05) is 14.1 Å². The molecule has 0 saturated heterocycles. The third-order valence-electron chi connectivity index (χ3n) is 3.52. The number of esters is 1. The Balaban J connectivity index is 2.11. The van der Waals surface area contributed by atoms with Crippen LogP contribution in [0.15, 0.2) is 60.7 Å². The van der Waals surface area contributed by atoms with E-state index < -0.39 is 17.0 Å². The van der Waals surface area contributed by atoms with E-state index in [1.165, 1.54) is 41.3 Å². The van der Waals surface area contributed by atoms with Crippen molar-refractivity contribution in [3.8, 4) is 0 Å². The number of likely N-dealkylation sites (N-methyl/N-ethyl adjacent to an activating group) is 1. The van der Waals surface area contributed by atoms with Crippen LogP contribution in [0.4, 0.5) is 5.69 Å². The topological polar surface area (TPSA) is 89.8 Å². The predicted octanol–water partition coefficient (Wildman–Crippen LogP) is 2.98. The zero-order chi connectivity index (χ0) is 19.1. The third kappa shape index (κ3) is 5.01. The molecule has 0 radical (unpaired) electrons. The lowest BCUT2D eigenvalue weighted by Crippen LogP contribution is -2.30. The number of rotatable bonds is 6. The molecule has 2 rings (SSSR count). The first-order valence-electron chi connectivity index (χ1n) is 7.77. The Hall–Kier alpha value is -3.48. The summed E-state index contributed by atoms with van der Waals surface area (Å²) < 4.78 is 5.32. The van der Waals surface area contributed by atoms with Crippen LogP contribution in [0.25, 0.3) is 6.08 Å². The molecule has 0 bridgehead atoms. The maximum atomic E-state index is 12.3. The summed E-state index contributed by atoms with van der Waals surface area (Å²) in [5.74, 6) is -1.04. The first kappa shape index (κ1) is 18.9. The van der Waals surface area contributed by atoms with E-state index in [1.807, 2.05) is 0 Å². The van der Waals surface area contributed by atoms with Gasteiger partial charge in [0.2, 0.25) is 6.10 Å². The summed E-state index contributed by atoms with van der Waals surface area (Å²) in [7, 11) is 3.16. The number of nitro benzene ring substituents is 1. The lowest BCUT2D eigenvalue weighted by Gasteiger charge is -2.20. The number of carbonyl (C=O) groups excluding carboxylic acids is 2. The standard InChI is InChI=1S/C19H18N2O5/c1-20(2)19(23)18(15-6-4-3-5-7-15)26-17(22)13-10-14-8-11-16(12-9-14)21(24)25/h3-13,18H,1-2H3/b13-10+/t18-/m1/s1. The van der Waals surface area contributed by atoms with Crippen molar-refractivity contribution < 1.29 is 19.2 Å². The van der Waals surface area contributed by atoms with Gasteiger partial charge < -0.3 is 9.64 Å². The summed E-state index contributed by atoms with van der Waals surface area (Å²) in [4.78, 5) is 35.9. The Kier molecular flexibility index (Phi) is 6.21. The van der Waals surface area contributed by atoms with Crippen LogP contribution in [0.3, 0.4) is 0 Å². The van der Waals surface area contributed by atoms with Crippen LogP contribution in [-0.4, -0.2) is 35.8 Å². The molecule has 2 aromatic carbocycles. The van der Waals surface area contributed by atoms with E-state index in [2.05, 4.69) is 0 Å². The fraction of sp³-hybridized carbons (Fsp3) is 0.158. The Morgan fingerprint density at radius 1 is 1.08 bits per heavy atom. The van der Waals surface area contributed by atoms with Crippen molar-refractivity contribution in [2.24, 2.45) is 0 Å². The fourth-order valence-electron chi connectivity index (χ4n) is 2.15. The Labute approximate surface area is 150 Å². The SMILES string of the molecule is CN(C)C(=O)[C@H](OC(=O)/C=C/c1ccc([N+](=O)[O-])cc1)c1ccccc1. The average Bonchev–Trinajstić information content (AvgIpc) is 2.64. The molecule has 1 atom stereocenters. The van der Waals surface area contributed by atoms with Crippen molar-refractivity contribution >= 4 is 23.6 Å². The summed E-state index contributed by atoms with van der Waals surface area (Å²) in [5, 5.41) is 10.6. The molecule has 0 fully saturated rings. The second kappa shape index (κ2) is 8.57. The van der Waals surface area contributed by atoms with E-state index in [4.69, 9.17) is 4.74 Å². The predicted molar refractivity (Wildman–Crippen MR) is 96.1 cm³/mol. The Morgan fingerprint density at radius 3 is 2.23 bits per heavy atom. The summed E-state index contributed by atoms with van der Waals surface area (Å²) in [6.45, 7) is 0. The number of carbonyl (C=O) groups is 2. The summed E-state index contributed by atoms with van der Waals surface area (Å²) in [6.07, 6.45) is 1.61. The van der Waals surface area contributed by atoms with E-state index >= 15 is 0 Å². The molecule has 0 heterocycles. The molecule has 0 unspecified atom stereocenters. The number of nitro groups is 1. The quantitative estimate of drug-likeness (QED) is 0.344. The van der Waals surface area contributed by atoms with Crippen molar-refractivity contribution in [3.05, 3.63) is 81.9 Å². The fourth-order valence-corrected chi connectivity index (χ4v) is 2.15. The maximum Gasteiger partial charge on any atom is 0.331 e. The minimum Gasteiger partial charge on any atom is -0.444 e. The first-order chi connectivity index (χ1) is 12.4. The zero-order valence-electron chi connectivity index (χ0n) is 14.4. The number of ether oxygens (including phenoxy) is 1. The molecule has 0 saturated carbocycles. The van der Waals surface area contributed by atoms with E-state index in [0.29, 0.717) is 11.1 Å². The highest BCUT2D eigenvalue weighted by molar-refractivity contribution is 5.90. The minimum atomic E-state index is -1.04. The van der Waals surface area contributed by atoms with E-state index in [9.17, 15) is 19.7 Å². The Bertz CT molecular complexity index is 814. The lowest BCUT2D eigenvalue weighted by molar-refractivity contribution is -0.384.